The van der Waals surface area contributed by atoms with E-state index < -0.39 is 0 Å². The number of nitrogens with zero attached hydrogens (tertiary/aromatic N) is 1. The lowest BCUT2D eigenvalue weighted by Crippen LogP contribution is -2.01. The molecule has 13 heavy (non-hydrogen) atoms. The smallest absolute Gasteiger partial charge is 0.216 e. The van der Waals surface area contributed by atoms with Crippen LogP contribution in [0.2, 0.25) is 0 Å². The lowest BCUT2D eigenvalue weighted by molar-refractivity contribution is 0.285. The normalized spacial score (nSPS) is 15.8. The zero-order chi connectivity index (χ0) is 9.26. The molecule has 0 unspecified atom stereocenters. The standard InChI is InChI=1S/C10H13NO2/c1-7-4-9(12)5-11-10(7)13-6-8-2-3-8/h4-5,8,12H,2-3,6H2,1H3. The molecular weight excluding hydrogens is 166 g/mol. The van der Waals surface area contributed by atoms with Gasteiger partial charge in [0.25, 0.3) is 0 Å². The average molecular weight is 179 g/mol. The van der Waals surface area contributed by atoms with E-state index in [1.165, 1.54) is 19.0 Å². The fraction of sp³-hybridized carbons (Fsp3) is 0.500. The van der Waals surface area contributed by atoms with E-state index in [0.717, 1.165) is 18.1 Å². The van der Waals surface area contributed by atoms with Gasteiger partial charge < -0.3 is 9.84 Å². The molecular formula is C10H13NO2. The largest absolute Gasteiger partial charge is 0.506 e. The van der Waals surface area contributed by atoms with Crippen LogP contribution >= 0.6 is 0 Å². The number of aryl methyl sites for hydroxylation is 1. The van der Waals surface area contributed by atoms with E-state index in [1.807, 2.05) is 6.92 Å². The molecule has 1 aromatic heterocycles. The zero-order valence-corrected chi connectivity index (χ0v) is 7.66. The second kappa shape index (κ2) is 3.24. The van der Waals surface area contributed by atoms with Crippen molar-refractivity contribution in [2.45, 2.75) is 19.8 Å². The van der Waals surface area contributed by atoms with E-state index in [2.05, 4.69) is 4.98 Å². The maximum Gasteiger partial charge on any atom is 0.216 e. The third kappa shape index (κ3) is 2.11. The molecule has 0 saturated heterocycles. The first-order chi connectivity index (χ1) is 6.25. The molecule has 2 rings (SSSR count). The molecule has 1 heterocycles. The Kier molecular flexibility index (Phi) is 2.08. The molecule has 0 radical (unpaired) electrons. The second-order valence-electron chi connectivity index (χ2n) is 3.57. The molecule has 3 nitrogen and oxygen atoms in total. The van der Waals surface area contributed by atoms with E-state index >= 15 is 0 Å². The Hall–Kier alpha value is -1.25. The summed E-state index contributed by atoms with van der Waals surface area (Å²) in [6.07, 6.45) is 3.96. The summed E-state index contributed by atoms with van der Waals surface area (Å²) in [5, 5.41) is 9.11. The first kappa shape index (κ1) is 8.35. The van der Waals surface area contributed by atoms with Gasteiger partial charge in [0.05, 0.1) is 12.8 Å². The molecule has 0 bridgehead atoms. The molecule has 1 aromatic rings. The minimum atomic E-state index is 0.191. The summed E-state index contributed by atoms with van der Waals surface area (Å²) in [5.41, 5.74) is 0.889. The van der Waals surface area contributed by atoms with Crippen LogP contribution in [0.15, 0.2) is 12.3 Å². The van der Waals surface area contributed by atoms with Gasteiger partial charge in [0, 0.05) is 5.56 Å². The van der Waals surface area contributed by atoms with Gasteiger partial charge in [-0.2, -0.15) is 0 Å². The van der Waals surface area contributed by atoms with Gasteiger partial charge in [0.15, 0.2) is 0 Å². The molecule has 1 aliphatic carbocycles. The van der Waals surface area contributed by atoms with Crippen LogP contribution in [-0.2, 0) is 0 Å². The Bertz CT molecular complexity index is 308. The fourth-order valence-corrected chi connectivity index (χ4v) is 1.18. The minimum absolute atomic E-state index is 0.191. The Balaban J connectivity index is 2.01. The summed E-state index contributed by atoms with van der Waals surface area (Å²) >= 11 is 0. The number of hydrogen-bond donors (Lipinski definition) is 1. The van der Waals surface area contributed by atoms with Gasteiger partial charge in [-0.1, -0.05) is 0 Å². The van der Waals surface area contributed by atoms with Crippen LogP contribution in [0.25, 0.3) is 0 Å². The molecule has 0 aromatic carbocycles. The van der Waals surface area contributed by atoms with Gasteiger partial charge in [-0.3, -0.25) is 0 Å². The van der Waals surface area contributed by atoms with Crippen LogP contribution < -0.4 is 4.74 Å². The molecule has 3 heteroatoms. The monoisotopic (exact) mass is 179 g/mol. The average Bonchev–Trinajstić information content (AvgIpc) is 2.86. The SMILES string of the molecule is Cc1cc(O)cnc1OCC1CC1. The highest BCUT2D eigenvalue weighted by Gasteiger charge is 2.22. The number of pyridine rings is 1. The molecule has 1 N–H and O–H groups in total. The van der Waals surface area contributed by atoms with Crippen LogP contribution in [0.5, 0.6) is 11.6 Å². The lowest BCUT2D eigenvalue weighted by Gasteiger charge is -2.06. The van der Waals surface area contributed by atoms with Gasteiger partial charge in [0.2, 0.25) is 5.88 Å². The van der Waals surface area contributed by atoms with Crippen molar-refractivity contribution in [3.63, 3.8) is 0 Å². The summed E-state index contributed by atoms with van der Waals surface area (Å²) in [6.45, 7) is 2.65. The fourth-order valence-electron chi connectivity index (χ4n) is 1.18. The second-order valence-corrected chi connectivity index (χ2v) is 3.57. The van der Waals surface area contributed by atoms with Crippen LogP contribution in [-0.4, -0.2) is 16.7 Å². The first-order valence-electron chi connectivity index (χ1n) is 4.54. The number of ether oxygens (including phenoxy) is 1. The van der Waals surface area contributed by atoms with Gasteiger partial charge in [-0.25, -0.2) is 4.98 Å². The summed E-state index contributed by atoms with van der Waals surface area (Å²) in [5.74, 6) is 1.57. The van der Waals surface area contributed by atoms with Gasteiger partial charge in [-0.05, 0) is 31.7 Å². The maximum atomic E-state index is 9.11. The van der Waals surface area contributed by atoms with E-state index in [0.29, 0.717) is 5.88 Å². The summed E-state index contributed by atoms with van der Waals surface area (Å²) in [4.78, 5) is 4.01. The molecule has 0 aliphatic heterocycles. The Labute approximate surface area is 77.4 Å². The van der Waals surface area contributed by atoms with Crippen molar-refractivity contribution >= 4 is 0 Å². The van der Waals surface area contributed by atoms with Crippen LogP contribution in [0.4, 0.5) is 0 Å². The lowest BCUT2D eigenvalue weighted by atomic mass is 10.3. The van der Waals surface area contributed by atoms with E-state index in [9.17, 15) is 0 Å². The summed E-state index contributed by atoms with van der Waals surface area (Å²) < 4.78 is 5.49. The van der Waals surface area contributed by atoms with Gasteiger partial charge in [0.1, 0.15) is 5.75 Å². The van der Waals surface area contributed by atoms with E-state index in [4.69, 9.17) is 9.84 Å². The third-order valence-corrected chi connectivity index (χ3v) is 2.17. The zero-order valence-electron chi connectivity index (χ0n) is 7.66. The molecule has 1 saturated carbocycles. The number of rotatable bonds is 3. The van der Waals surface area contributed by atoms with Crippen LogP contribution in [0.1, 0.15) is 18.4 Å². The molecule has 0 amide bonds. The highest BCUT2D eigenvalue weighted by molar-refractivity contribution is 5.31. The van der Waals surface area contributed by atoms with Crippen molar-refractivity contribution < 1.29 is 9.84 Å². The highest BCUT2D eigenvalue weighted by atomic mass is 16.5. The number of aromatic nitrogens is 1. The van der Waals surface area contributed by atoms with Crippen LogP contribution in [0, 0.1) is 12.8 Å². The molecule has 1 aliphatic rings. The van der Waals surface area contributed by atoms with Crippen molar-refractivity contribution in [3.05, 3.63) is 17.8 Å². The minimum Gasteiger partial charge on any atom is -0.506 e. The number of hydrogen-bond acceptors (Lipinski definition) is 3. The Morgan fingerprint density at radius 2 is 2.38 bits per heavy atom. The van der Waals surface area contributed by atoms with Crippen molar-refractivity contribution in [1.29, 1.82) is 0 Å². The van der Waals surface area contributed by atoms with Crippen molar-refractivity contribution in [1.82, 2.24) is 4.98 Å². The predicted molar refractivity (Wildman–Crippen MR) is 48.9 cm³/mol. The highest BCUT2D eigenvalue weighted by Crippen LogP contribution is 2.30. The van der Waals surface area contributed by atoms with Crippen molar-refractivity contribution in [2.24, 2.45) is 5.92 Å². The Morgan fingerprint density at radius 3 is 3.00 bits per heavy atom. The van der Waals surface area contributed by atoms with Crippen molar-refractivity contribution in [3.8, 4) is 11.6 Å². The topological polar surface area (TPSA) is 42.4 Å². The van der Waals surface area contributed by atoms with E-state index in [-0.39, 0.29) is 5.75 Å². The van der Waals surface area contributed by atoms with E-state index in [1.54, 1.807) is 6.07 Å². The summed E-state index contributed by atoms with van der Waals surface area (Å²) in [6, 6.07) is 1.66. The van der Waals surface area contributed by atoms with Gasteiger partial charge in [-0.15, -0.1) is 0 Å². The number of aromatic hydroxyl groups is 1. The summed E-state index contributed by atoms with van der Waals surface area (Å²) in [7, 11) is 0. The Morgan fingerprint density at radius 1 is 1.62 bits per heavy atom. The van der Waals surface area contributed by atoms with Crippen LogP contribution in [0.3, 0.4) is 0 Å². The third-order valence-electron chi connectivity index (χ3n) is 2.17. The molecule has 0 spiro atoms. The predicted octanol–water partition coefficient (Wildman–Crippen LogP) is 1.88. The molecule has 0 atom stereocenters. The molecule has 70 valence electrons. The van der Waals surface area contributed by atoms with Crippen molar-refractivity contribution in [2.75, 3.05) is 6.61 Å². The molecule has 1 fully saturated rings. The first-order valence-corrected chi connectivity index (χ1v) is 4.54. The van der Waals surface area contributed by atoms with Gasteiger partial charge >= 0.3 is 0 Å². The maximum absolute atomic E-state index is 9.11. The quantitative estimate of drug-likeness (QED) is 0.770.